The highest BCUT2D eigenvalue weighted by Gasteiger charge is 2.23. The number of hydrogen-bond donors (Lipinski definition) is 2. The molecule has 0 rings (SSSR count). The molecule has 1 atom stereocenters. The van der Waals surface area contributed by atoms with Gasteiger partial charge in [0.05, 0.1) is 0 Å². The molecule has 0 fully saturated rings. The molecule has 1 amide bonds. The normalized spacial score (nSPS) is 13.2. The lowest BCUT2D eigenvalue weighted by atomic mass is 10.1. The fourth-order valence-corrected chi connectivity index (χ4v) is 1.65. The van der Waals surface area contributed by atoms with Gasteiger partial charge in [0.25, 0.3) is 0 Å². The Morgan fingerprint density at radius 1 is 1.25 bits per heavy atom. The third-order valence-electron chi connectivity index (χ3n) is 2.73. The first-order valence-electron chi connectivity index (χ1n) is 7.02. The van der Waals surface area contributed by atoms with Crippen LogP contribution in [0.5, 0.6) is 0 Å². The molecule has 0 aromatic heterocycles. The van der Waals surface area contributed by atoms with Crippen LogP contribution in [-0.4, -0.2) is 46.3 Å². The first-order chi connectivity index (χ1) is 9.04. The summed E-state index contributed by atoms with van der Waals surface area (Å²) in [6.07, 6.45) is 1.45. The number of carboxylic acids is 1. The van der Waals surface area contributed by atoms with Crippen molar-refractivity contribution >= 4 is 12.1 Å². The molecule has 3 N–H and O–H groups in total. The van der Waals surface area contributed by atoms with Crippen molar-refractivity contribution in [3.05, 3.63) is 0 Å². The molecule has 0 aliphatic heterocycles. The van der Waals surface area contributed by atoms with Crippen molar-refractivity contribution in [2.45, 2.75) is 71.6 Å². The minimum Gasteiger partial charge on any atom is -0.480 e. The minimum atomic E-state index is -0.988. The van der Waals surface area contributed by atoms with Crippen molar-refractivity contribution in [2.75, 3.05) is 6.54 Å². The van der Waals surface area contributed by atoms with Gasteiger partial charge in [-0.25, -0.2) is 4.79 Å². The number of ether oxygens (including phenoxy) is 1. The van der Waals surface area contributed by atoms with Crippen LogP contribution in [0.3, 0.4) is 0 Å². The summed E-state index contributed by atoms with van der Waals surface area (Å²) in [5, 5.41) is 8.69. The number of aliphatic carboxylic acids is 1. The van der Waals surface area contributed by atoms with Crippen molar-refractivity contribution in [3.8, 4) is 0 Å². The summed E-state index contributed by atoms with van der Waals surface area (Å²) < 4.78 is 5.35. The van der Waals surface area contributed by atoms with Gasteiger partial charge in [-0.15, -0.1) is 0 Å². The third-order valence-corrected chi connectivity index (χ3v) is 2.73. The highest BCUT2D eigenvalue weighted by atomic mass is 16.6. The molecule has 0 aromatic carbocycles. The van der Waals surface area contributed by atoms with E-state index in [0.717, 1.165) is 0 Å². The molecule has 0 aliphatic rings. The van der Waals surface area contributed by atoms with Crippen LogP contribution in [0.4, 0.5) is 4.79 Å². The standard InChI is InChI=1S/C14H28N2O4/c1-10(2)16(13(19)20-14(3,4)5)9-7-6-8-11(15)12(17)18/h10-11H,6-9,15H2,1-5H3,(H,17,18)/t11-/m0/s1. The molecular formula is C14H28N2O4. The van der Waals surface area contributed by atoms with Crippen molar-refractivity contribution < 1.29 is 19.4 Å². The van der Waals surface area contributed by atoms with Crippen LogP contribution >= 0.6 is 0 Å². The summed E-state index contributed by atoms with van der Waals surface area (Å²) in [6.45, 7) is 9.87. The fourth-order valence-electron chi connectivity index (χ4n) is 1.65. The van der Waals surface area contributed by atoms with E-state index in [0.29, 0.717) is 25.8 Å². The lowest BCUT2D eigenvalue weighted by Crippen LogP contribution is -2.41. The second kappa shape index (κ2) is 8.09. The van der Waals surface area contributed by atoms with Crippen molar-refractivity contribution in [2.24, 2.45) is 5.73 Å². The first kappa shape index (κ1) is 18.7. The Kier molecular flexibility index (Phi) is 7.57. The van der Waals surface area contributed by atoms with Crippen LogP contribution in [-0.2, 0) is 9.53 Å². The van der Waals surface area contributed by atoms with Gasteiger partial charge in [0.2, 0.25) is 0 Å². The number of unbranched alkanes of at least 4 members (excludes halogenated alkanes) is 1. The Bertz CT molecular complexity index is 324. The molecule has 0 heterocycles. The summed E-state index contributed by atoms with van der Waals surface area (Å²) in [4.78, 5) is 24.3. The number of nitrogens with zero attached hydrogens (tertiary/aromatic N) is 1. The van der Waals surface area contributed by atoms with Crippen molar-refractivity contribution in [1.82, 2.24) is 4.90 Å². The SMILES string of the molecule is CC(C)N(CCCC[C@H](N)C(=O)O)C(=O)OC(C)(C)C. The van der Waals surface area contributed by atoms with Crippen LogP contribution in [0.25, 0.3) is 0 Å². The molecule has 6 heteroatoms. The van der Waals surface area contributed by atoms with Gasteiger partial charge in [-0.2, -0.15) is 0 Å². The molecule has 0 spiro atoms. The summed E-state index contributed by atoms with van der Waals surface area (Å²) in [6, 6.07) is -0.790. The van der Waals surface area contributed by atoms with E-state index >= 15 is 0 Å². The van der Waals surface area contributed by atoms with Gasteiger partial charge in [-0.05, 0) is 53.9 Å². The molecule has 0 saturated carbocycles. The molecule has 0 radical (unpaired) electrons. The van der Waals surface area contributed by atoms with E-state index in [1.54, 1.807) is 4.90 Å². The number of carbonyl (C=O) groups excluding carboxylic acids is 1. The van der Waals surface area contributed by atoms with Gasteiger partial charge in [0, 0.05) is 12.6 Å². The van der Waals surface area contributed by atoms with E-state index in [1.165, 1.54) is 0 Å². The summed E-state index contributed by atoms with van der Waals surface area (Å²) in [5.41, 5.74) is 4.91. The van der Waals surface area contributed by atoms with E-state index in [-0.39, 0.29) is 12.1 Å². The summed E-state index contributed by atoms with van der Waals surface area (Å²) in [7, 11) is 0. The van der Waals surface area contributed by atoms with E-state index in [2.05, 4.69) is 0 Å². The number of nitrogens with two attached hydrogens (primary N) is 1. The lowest BCUT2D eigenvalue weighted by Gasteiger charge is -2.30. The Balaban J connectivity index is 4.23. The first-order valence-corrected chi connectivity index (χ1v) is 7.02. The van der Waals surface area contributed by atoms with Crippen LogP contribution < -0.4 is 5.73 Å². The molecule has 0 unspecified atom stereocenters. The largest absolute Gasteiger partial charge is 0.480 e. The van der Waals surface area contributed by atoms with E-state index in [4.69, 9.17) is 15.6 Å². The summed E-state index contributed by atoms with van der Waals surface area (Å²) in [5.74, 6) is -0.988. The maximum Gasteiger partial charge on any atom is 0.410 e. The monoisotopic (exact) mass is 288 g/mol. The molecule has 20 heavy (non-hydrogen) atoms. The Hall–Kier alpha value is -1.30. The molecule has 6 nitrogen and oxygen atoms in total. The molecule has 118 valence electrons. The molecule has 0 aliphatic carbocycles. The number of hydrogen-bond acceptors (Lipinski definition) is 4. The van der Waals surface area contributed by atoms with Crippen LogP contribution in [0, 0.1) is 0 Å². The number of amides is 1. The lowest BCUT2D eigenvalue weighted by molar-refractivity contribution is -0.138. The van der Waals surface area contributed by atoms with Gasteiger partial charge < -0.3 is 20.5 Å². The zero-order valence-electron chi connectivity index (χ0n) is 13.2. The van der Waals surface area contributed by atoms with Crippen LogP contribution in [0.2, 0.25) is 0 Å². The van der Waals surface area contributed by atoms with Crippen LogP contribution in [0.1, 0.15) is 53.9 Å². The Morgan fingerprint density at radius 2 is 1.80 bits per heavy atom. The number of carboxylic acid groups (broad SMARTS) is 1. The quantitative estimate of drug-likeness (QED) is 0.701. The Morgan fingerprint density at radius 3 is 2.20 bits per heavy atom. The highest BCUT2D eigenvalue weighted by Crippen LogP contribution is 2.13. The average molecular weight is 288 g/mol. The van der Waals surface area contributed by atoms with E-state index in [1.807, 2.05) is 34.6 Å². The molecular weight excluding hydrogens is 260 g/mol. The average Bonchev–Trinajstić information content (AvgIpc) is 2.24. The zero-order valence-corrected chi connectivity index (χ0v) is 13.2. The summed E-state index contributed by atoms with van der Waals surface area (Å²) >= 11 is 0. The second-order valence-corrected chi connectivity index (χ2v) is 6.21. The van der Waals surface area contributed by atoms with Crippen LogP contribution in [0.15, 0.2) is 0 Å². The van der Waals surface area contributed by atoms with E-state index in [9.17, 15) is 9.59 Å². The maximum atomic E-state index is 12.0. The van der Waals surface area contributed by atoms with Gasteiger partial charge in [-0.3, -0.25) is 4.79 Å². The number of rotatable bonds is 7. The molecule has 0 aromatic rings. The van der Waals surface area contributed by atoms with Gasteiger partial charge in [0.15, 0.2) is 0 Å². The van der Waals surface area contributed by atoms with Gasteiger partial charge >= 0.3 is 12.1 Å². The maximum absolute atomic E-state index is 12.0. The smallest absolute Gasteiger partial charge is 0.410 e. The van der Waals surface area contributed by atoms with Gasteiger partial charge in [-0.1, -0.05) is 0 Å². The molecule has 0 bridgehead atoms. The third kappa shape index (κ3) is 7.99. The van der Waals surface area contributed by atoms with E-state index < -0.39 is 17.6 Å². The van der Waals surface area contributed by atoms with Crippen molar-refractivity contribution in [1.29, 1.82) is 0 Å². The molecule has 0 saturated heterocycles. The topological polar surface area (TPSA) is 92.9 Å². The minimum absolute atomic E-state index is 0.0398. The highest BCUT2D eigenvalue weighted by molar-refractivity contribution is 5.72. The number of carbonyl (C=O) groups is 2. The predicted molar refractivity (Wildman–Crippen MR) is 77.5 cm³/mol. The second-order valence-electron chi connectivity index (χ2n) is 6.21. The predicted octanol–water partition coefficient (Wildman–Crippen LogP) is 2.21. The zero-order chi connectivity index (χ0) is 15.9. The Labute approximate surface area is 121 Å². The fraction of sp³-hybridized carbons (Fsp3) is 0.857. The van der Waals surface area contributed by atoms with Crippen molar-refractivity contribution in [3.63, 3.8) is 0 Å². The van der Waals surface area contributed by atoms with Gasteiger partial charge in [0.1, 0.15) is 11.6 Å².